The highest BCUT2D eigenvalue weighted by atomic mass is 16.6. The minimum absolute atomic E-state index is 0.215. The quantitative estimate of drug-likeness (QED) is 0.518. The lowest BCUT2D eigenvalue weighted by atomic mass is 10.1. The number of unbranched alkanes of at least 4 members (excludes halogenated alkanes) is 1. The molecule has 1 heterocycles. The summed E-state index contributed by atoms with van der Waals surface area (Å²) < 4.78 is 16.3. The van der Waals surface area contributed by atoms with Crippen LogP contribution in [-0.4, -0.2) is 78.9 Å². The van der Waals surface area contributed by atoms with Crippen LogP contribution in [0.2, 0.25) is 0 Å². The van der Waals surface area contributed by atoms with Crippen LogP contribution in [0.5, 0.6) is 0 Å². The molecule has 0 spiro atoms. The standard InChI is InChI=1S/C25H39N3O6/c1-5-6-17-33-24(31)28-15-13-27(14-16-28)22(29)21(26-23(30)34-25(2,3)4)12-18-32-19-20-10-8-7-9-11-20/h7-11,21H,5-6,12-19H2,1-4H3,(H,26,30). The Kier molecular flexibility index (Phi) is 11.1. The zero-order valence-corrected chi connectivity index (χ0v) is 20.9. The summed E-state index contributed by atoms with van der Waals surface area (Å²) in [6, 6.07) is 8.97. The molecule has 0 saturated carbocycles. The number of nitrogens with one attached hydrogen (secondary N) is 1. The van der Waals surface area contributed by atoms with Crippen molar-refractivity contribution in [2.75, 3.05) is 39.4 Å². The van der Waals surface area contributed by atoms with E-state index in [1.54, 1.807) is 30.6 Å². The fraction of sp³-hybridized carbons (Fsp3) is 0.640. The van der Waals surface area contributed by atoms with Crippen LogP contribution in [0.3, 0.4) is 0 Å². The third-order valence-electron chi connectivity index (χ3n) is 5.22. The fourth-order valence-electron chi connectivity index (χ4n) is 3.40. The molecule has 3 amide bonds. The monoisotopic (exact) mass is 477 g/mol. The molecule has 1 N–H and O–H groups in total. The maximum absolute atomic E-state index is 13.2. The van der Waals surface area contributed by atoms with Crippen molar-refractivity contribution >= 4 is 18.1 Å². The number of carbonyl (C=O) groups is 3. The first-order valence-corrected chi connectivity index (χ1v) is 12.0. The third-order valence-corrected chi connectivity index (χ3v) is 5.22. The molecular formula is C25H39N3O6. The van der Waals surface area contributed by atoms with Crippen molar-refractivity contribution in [3.63, 3.8) is 0 Å². The van der Waals surface area contributed by atoms with Crippen LogP contribution in [-0.2, 0) is 25.6 Å². The highest BCUT2D eigenvalue weighted by molar-refractivity contribution is 5.86. The summed E-state index contributed by atoms with van der Waals surface area (Å²) in [5.74, 6) is -0.215. The average molecular weight is 478 g/mol. The molecule has 9 nitrogen and oxygen atoms in total. The van der Waals surface area contributed by atoms with Crippen molar-refractivity contribution in [3.8, 4) is 0 Å². The largest absolute Gasteiger partial charge is 0.449 e. The minimum Gasteiger partial charge on any atom is -0.449 e. The summed E-state index contributed by atoms with van der Waals surface area (Å²) in [4.78, 5) is 41.0. The Morgan fingerprint density at radius 2 is 1.65 bits per heavy atom. The summed E-state index contributed by atoms with van der Waals surface area (Å²) in [5.41, 5.74) is 0.359. The van der Waals surface area contributed by atoms with Crippen molar-refractivity contribution in [1.82, 2.24) is 15.1 Å². The van der Waals surface area contributed by atoms with Gasteiger partial charge in [0.05, 0.1) is 13.2 Å². The maximum Gasteiger partial charge on any atom is 0.409 e. The number of benzene rings is 1. The Morgan fingerprint density at radius 1 is 1.00 bits per heavy atom. The summed E-state index contributed by atoms with van der Waals surface area (Å²) >= 11 is 0. The van der Waals surface area contributed by atoms with Gasteiger partial charge in [0.25, 0.3) is 0 Å². The van der Waals surface area contributed by atoms with Gasteiger partial charge in [-0.15, -0.1) is 0 Å². The fourth-order valence-corrected chi connectivity index (χ4v) is 3.40. The van der Waals surface area contributed by atoms with E-state index < -0.39 is 17.7 Å². The van der Waals surface area contributed by atoms with Crippen LogP contribution in [0.4, 0.5) is 9.59 Å². The molecule has 0 aliphatic carbocycles. The number of hydrogen-bond acceptors (Lipinski definition) is 6. The lowest BCUT2D eigenvalue weighted by molar-refractivity contribution is -0.135. The number of nitrogens with zero attached hydrogens (tertiary/aromatic N) is 2. The second-order valence-electron chi connectivity index (χ2n) is 9.31. The Bertz CT molecular complexity index is 773. The molecule has 0 bridgehead atoms. The van der Waals surface area contributed by atoms with Gasteiger partial charge in [-0.3, -0.25) is 4.79 Å². The molecular weight excluding hydrogens is 438 g/mol. The van der Waals surface area contributed by atoms with Gasteiger partial charge >= 0.3 is 12.2 Å². The van der Waals surface area contributed by atoms with Crippen molar-refractivity contribution in [1.29, 1.82) is 0 Å². The number of hydrogen-bond donors (Lipinski definition) is 1. The van der Waals surface area contributed by atoms with Crippen LogP contribution in [0, 0.1) is 0 Å². The Labute approximate surface area is 202 Å². The van der Waals surface area contributed by atoms with Crippen LogP contribution < -0.4 is 5.32 Å². The Balaban J connectivity index is 1.90. The van der Waals surface area contributed by atoms with Gasteiger partial charge in [0.15, 0.2) is 0 Å². The lowest BCUT2D eigenvalue weighted by Crippen LogP contribution is -2.56. The zero-order chi connectivity index (χ0) is 25.0. The molecule has 190 valence electrons. The molecule has 1 atom stereocenters. The van der Waals surface area contributed by atoms with Crippen molar-refractivity contribution in [2.24, 2.45) is 0 Å². The molecule has 2 rings (SSSR count). The second kappa shape index (κ2) is 13.8. The van der Waals surface area contributed by atoms with Crippen LogP contribution in [0.25, 0.3) is 0 Å². The first-order chi connectivity index (χ1) is 16.2. The van der Waals surface area contributed by atoms with Crippen LogP contribution in [0.15, 0.2) is 30.3 Å². The van der Waals surface area contributed by atoms with E-state index in [4.69, 9.17) is 14.2 Å². The van der Waals surface area contributed by atoms with E-state index in [0.29, 0.717) is 52.4 Å². The first kappa shape index (κ1) is 27.4. The molecule has 9 heteroatoms. The number of amides is 3. The first-order valence-electron chi connectivity index (χ1n) is 12.0. The smallest absolute Gasteiger partial charge is 0.409 e. The molecule has 0 aromatic heterocycles. The van der Waals surface area contributed by atoms with E-state index in [-0.39, 0.29) is 12.0 Å². The lowest BCUT2D eigenvalue weighted by Gasteiger charge is -2.36. The number of rotatable bonds is 10. The number of carbonyl (C=O) groups excluding carboxylic acids is 3. The van der Waals surface area contributed by atoms with Crippen LogP contribution >= 0.6 is 0 Å². The minimum atomic E-state index is -0.784. The summed E-state index contributed by atoms with van der Waals surface area (Å²) in [5, 5.41) is 2.70. The molecule has 1 aliphatic rings. The molecule has 34 heavy (non-hydrogen) atoms. The van der Waals surface area contributed by atoms with E-state index in [1.165, 1.54) is 0 Å². The topological polar surface area (TPSA) is 97.4 Å². The number of alkyl carbamates (subject to hydrolysis) is 1. The third kappa shape index (κ3) is 9.99. The highest BCUT2D eigenvalue weighted by Gasteiger charge is 2.31. The predicted molar refractivity (Wildman–Crippen MR) is 128 cm³/mol. The van der Waals surface area contributed by atoms with Crippen molar-refractivity contribution in [3.05, 3.63) is 35.9 Å². The molecule has 1 aromatic carbocycles. The van der Waals surface area contributed by atoms with Gasteiger partial charge in [-0.05, 0) is 32.8 Å². The van der Waals surface area contributed by atoms with Gasteiger partial charge in [0, 0.05) is 39.2 Å². The van der Waals surface area contributed by atoms with Gasteiger partial charge in [-0.25, -0.2) is 9.59 Å². The molecule has 1 saturated heterocycles. The van der Waals surface area contributed by atoms with E-state index in [0.717, 1.165) is 18.4 Å². The van der Waals surface area contributed by atoms with Gasteiger partial charge in [0.1, 0.15) is 11.6 Å². The second-order valence-corrected chi connectivity index (χ2v) is 9.31. The van der Waals surface area contributed by atoms with Gasteiger partial charge in [0.2, 0.25) is 5.91 Å². The maximum atomic E-state index is 13.2. The number of piperazine rings is 1. The molecule has 1 aromatic rings. The molecule has 0 radical (unpaired) electrons. The van der Waals surface area contributed by atoms with Gasteiger partial charge < -0.3 is 29.3 Å². The van der Waals surface area contributed by atoms with E-state index >= 15 is 0 Å². The highest BCUT2D eigenvalue weighted by Crippen LogP contribution is 2.11. The van der Waals surface area contributed by atoms with Crippen molar-refractivity contribution in [2.45, 2.75) is 65.2 Å². The molecule has 1 unspecified atom stereocenters. The van der Waals surface area contributed by atoms with Crippen LogP contribution in [0.1, 0.15) is 52.5 Å². The number of ether oxygens (including phenoxy) is 3. The van der Waals surface area contributed by atoms with E-state index in [9.17, 15) is 14.4 Å². The Morgan fingerprint density at radius 3 is 2.26 bits per heavy atom. The molecule has 1 fully saturated rings. The van der Waals surface area contributed by atoms with E-state index in [1.807, 2.05) is 37.3 Å². The predicted octanol–water partition coefficient (Wildman–Crippen LogP) is 3.57. The van der Waals surface area contributed by atoms with Gasteiger partial charge in [-0.2, -0.15) is 0 Å². The van der Waals surface area contributed by atoms with Gasteiger partial charge in [-0.1, -0.05) is 43.7 Å². The average Bonchev–Trinajstić information content (AvgIpc) is 2.80. The molecule has 1 aliphatic heterocycles. The summed E-state index contributed by atoms with van der Waals surface area (Å²) in [6.07, 6.45) is 1.10. The SMILES string of the molecule is CCCCOC(=O)N1CCN(C(=O)C(CCOCc2ccccc2)NC(=O)OC(C)(C)C)CC1. The normalized spacial score (nSPS) is 14.9. The summed E-state index contributed by atoms with van der Waals surface area (Å²) in [7, 11) is 0. The zero-order valence-electron chi connectivity index (χ0n) is 20.9. The van der Waals surface area contributed by atoms with E-state index in [2.05, 4.69) is 5.32 Å². The summed E-state index contributed by atoms with van der Waals surface area (Å²) in [6.45, 7) is 9.99. The Hall–Kier alpha value is -2.81. The van der Waals surface area contributed by atoms with Crippen molar-refractivity contribution < 1.29 is 28.6 Å².